The third-order valence-corrected chi connectivity index (χ3v) is 3.02. The van der Waals surface area contributed by atoms with Gasteiger partial charge < -0.3 is 4.74 Å². The maximum absolute atomic E-state index is 11.2. The average molecular weight is 235 g/mol. The second kappa shape index (κ2) is 3.99. The van der Waals surface area contributed by atoms with E-state index in [1.54, 1.807) is 0 Å². The van der Waals surface area contributed by atoms with Crippen LogP contribution in [-0.2, 0) is 4.74 Å². The van der Waals surface area contributed by atoms with Crippen molar-refractivity contribution in [2.45, 2.75) is 0 Å². The van der Waals surface area contributed by atoms with Gasteiger partial charge in [0.15, 0.2) is 5.78 Å². The zero-order valence-corrected chi connectivity index (χ0v) is 8.37. The van der Waals surface area contributed by atoms with Gasteiger partial charge in [0.2, 0.25) is 0 Å². The van der Waals surface area contributed by atoms with Crippen molar-refractivity contribution in [3.63, 3.8) is 0 Å². The van der Waals surface area contributed by atoms with Crippen molar-refractivity contribution in [1.82, 2.24) is 0 Å². The van der Waals surface area contributed by atoms with Gasteiger partial charge in [-0.2, -0.15) is 0 Å². The summed E-state index contributed by atoms with van der Waals surface area (Å²) in [6, 6.07) is 1.85. The number of ether oxygens (including phenoxy) is 1. The summed E-state index contributed by atoms with van der Waals surface area (Å²) in [7, 11) is 1.51. The molecule has 0 amide bonds. The molecular formula is C7H7BrO2S. The van der Waals surface area contributed by atoms with Crippen molar-refractivity contribution < 1.29 is 9.53 Å². The highest BCUT2D eigenvalue weighted by atomic mass is 79.9. The number of Topliss-reactive ketones (excluding diaryl/α,β-unsaturated/α-hetero) is 1. The fourth-order valence-corrected chi connectivity index (χ4v) is 2.21. The molecule has 1 aromatic heterocycles. The Morgan fingerprint density at radius 3 is 3.00 bits per heavy atom. The van der Waals surface area contributed by atoms with Crippen LogP contribution >= 0.6 is 27.3 Å². The van der Waals surface area contributed by atoms with E-state index in [-0.39, 0.29) is 12.4 Å². The monoisotopic (exact) mass is 234 g/mol. The molecular weight excluding hydrogens is 228 g/mol. The molecule has 1 aromatic rings. The zero-order valence-electron chi connectivity index (χ0n) is 5.96. The van der Waals surface area contributed by atoms with Crippen LogP contribution < -0.4 is 0 Å². The van der Waals surface area contributed by atoms with E-state index in [1.807, 2.05) is 11.4 Å². The Kier molecular flexibility index (Phi) is 3.23. The Bertz CT molecular complexity index is 257. The minimum absolute atomic E-state index is 0.0226. The van der Waals surface area contributed by atoms with Crippen LogP contribution in [-0.4, -0.2) is 19.5 Å². The molecule has 0 atom stereocenters. The minimum atomic E-state index is 0.0226. The lowest BCUT2D eigenvalue weighted by molar-refractivity contribution is 0.0851. The first kappa shape index (κ1) is 8.90. The molecule has 0 spiro atoms. The van der Waals surface area contributed by atoms with Crippen LogP contribution in [0, 0.1) is 0 Å². The Balaban J connectivity index is 2.76. The molecule has 4 heteroatoms. The van der Waals surface area contributed by atoms with E-state index >= 15 is 0 Å². The third kappa shape index (κ3) is 2.12. The molecule has 0 bridgehead atoms. The molecule has 1 rings (SSSR count). The SMILES string of the molecule is COCC(=O)c1sccc1Br. The standard InChI is InChI=1S/C7H7BrO2S/c1-10-4-6(9)7-5(8)2-3-11-7/h2-3H,4H2,1H3. The second-order valence-corrected chi connectivity index (χ2v) is 3.72. The van der Waals surface area contributed by atoms with Crippen molar-refractivity contribution in [3.05, 3.63) is 20.8 Å². The van der Waals surface area contributed by atoms with E-state index in [9.17, 15) is 4.79 Å². The van der Waals surface area contributed by atoms with Gasteiger partial charge in [0, 0.05) is 11.6 Å². The van der Waals surface area contributed by atoms with Gasteiger partial charge in [-0.25, -0.2) is 0 Å². The molecule has 0 saturated carbocycles. The summed E-state index contributed by atoms with van der Waals surface area (Å²) in [5, 5.41) is 1.87. The number of ketones is 1. The van der Waals surface area contributed by atoms with Gasteiger partial charge in [0.25, 0.3) is 0 Å². The fourth-order valence-electron chi connectivity index (χ4n) is 0.689. The molecule has 0 saturated heterocycles. The Labute approximate surface area is 77.3 Å². The highest BCUT2D eigenvalue weighted by Crippen LogP contribution is 2.22. The van der Waals surface area contributed by atoms with Gasteiger partial charge >= 0.3 is 0 Å². The lowest BCUT2D eigenvalue weighted by Crippen LogP contribution is -2.04. The minimum Gasteiger partial charge on any atom is -0.376 e. The van der Waals surface area contributed by atoms with Crippen molar-refractivity contribution in [2.75, 3.05) is 13.7 Å². The summed E-state index contributed by atoms with van der Waals surface area (Å²) in [5.41, 5.74) is 0. The molecule has 0 N–H and O–H groups in total. The number of carbonyl (C=O) groups is 1. The summed E-state index contributed by atoms with van der Waals surface area (Å²) in [5.74, 6) is 0.0226. The summed E-state index contributed by atoms with van der Waals surface area (Å²) >= 11 is 4.69. The van der Waals surface area contributed by atoms with E-state index in [4.69, 9.17) is 4.74 Å². The van der Waals surface area contributed by atoms with Crippen molar-refractivity contribution in [3.8, 4) is 0 Å². The number of carbonyl (C=O) groups excluding carboxylic acids is 1. The lowest BCUT2D eigenvalue weighted by Gasteiger charge is -1.95. The highest BCUT2D eigenvalue weighted by molar-refractivity contribution is 9.10. The molecule has 0 unspecified atom stereocenters. The lowest BCUT2D eigenvalue weighted by atomic mass is 10.3. The first-order valence-corrected chi connectivity index (χ1v) is 4.68. The average Bonchev–Trinajstić information content (AvgIpc) is 2.36. The highest BCUT2D eigenvalue weighted by Gasteiger charge is 2.09. The quantitative estimate of drug-likeness (QED) is 0.751. The van der Waals surface area contributed by atoms with E-state index in [2.05, 4.69) is 15.9 Å². The van der Waals surface area contributed by atoms with Crippen molar-refractivity contribution in [2.24, 2.45) is 0 Å². The van der Waals surface area contributed by atoms with Gasteiger partial charge in [0.1, 0.15) is 6.61 Å². The van der Waals surface area contributed by atoms with Crippen LogP contribution in [0.5, 0.6) is 0 Å². The van der Waals surface area contributed by atoms with E-state index in [0.717, 1.165) is 9.35 Å². The molecule has 0 radical (unpaired) electrons. The van der Waals surface area contributed by atoms with Gasteiger partial charge in [-0.05, 0) is 27.4 Å². The third-order valence-electron chi connectivity index (χ3n) is 1.15. The molecule has 1 heterocycles. The maximum Gasteiger partial charge on any atom is 0.199 e. The largest absolute Gasteiger partial charge is 0.376 e. The molecule has 0 aromatic carbocycles. The normalized spacial score (nSPS) is 10.0. The van der Waals surface area contributed by atoms with Crippen LogP contribution in [0.3, 0.4) is 0 Å². The number of thiophene rings is 1. The van der Waals surface area contributed by atoms with Gasteiger partial charge in [-0.15, -0.1) is 11.3 Å². The van der Waals surface area contributed by atoms with Crippen molar-refractivity contribution >= 4 is 33.0 Å². The van der Waals surface area contributed by atoms with Gasteiger partial charge in [-0.1, -0.05) is 0 Å². The maximum atomic E-state index is 11.2. The smallest absolute Gasteiger partial charge is 0.199 e. The van der Waals surface area contributed by atoms with E-state index in [0.29, 0.717) is 0 Å². The summed E-state index contributed by atoms with van der Waals surface area (Å²) in [6.45, 7) is 0.152. The van der Waals surface area contributed by atoms with E-state index in [1.165, 1.54) is 18.4 Å². The summed E-state index contributed by atoms with van der Waals surface area (Å²) in [6.07, 6.45) is 0. The van der Waals surface area contributed by atoms with Crippen LogP contribution in [0.2, 0.25) is 0 Å². The Hall–Kier alpha value is -0.190. The second-order valence-electron chi connectivity index (χ2n) is 1.95. The molecule has 0 aliphatic carbocycles. The van der Waals surface area contributed by atoms with Crippen LogP contribution in [0.25, 0.3) is 0 Å². The van der Waals surface area contributed by atoms with Crippen LogP contribution in [0.15, 0.2) is 15.9 Å². The molecule has 11 heavy (non-hydrogen) atoms. The van der Waals surface area contributed by atoms with Gasteiger partial charge in [-0.3, -0.25) is 4.79 Å². The van der Waals surface area contributed by atoms with E-state index < -0.39 is 0 Å². The molecule has 2 nitrogen and oxygen atoms in total. The molecule has 60 valence electrons. The molecule has 0 fully saturated rings. The number of methoxy groups -OCH3 is 1. The first-order valence-electron chi connectivity index (χ1n) is 3.01. The Morgan fingerprint density at radius 2 is 2.55 bits per heavy atom. The first-order chi connectivity index (χ1) is 5.25. The Morgan fingerprint density at radius 1 is 1.82 bits per heavy atom. The molecule has 0 aliphatic heterocycles. The molecule has 0 aliphatic rings. The van der Waals surface area contributed by atoms with Crippen LogP contribution in [0.1, 0.15) is 9.67 Å². The summed E-state index contributed by atoms with van der Waals surface area (Å²) in [4.78, 5) is 11.9. The van der Waals surface area contributed by atoms with Crippen LogP contribution in [0.4, 0.5) is 0 Å². The number of hydrogen-bond acceptors (Lipinski definition) is 3. The predicted octanol–water partition coefficient (Wildman–Crippen LogP) is 2.34. The predicted molar refractivity (Wildman–Crippen MR) is 48.2 cm³/mol. The topological polar surface area (TPSA) is 26.3 Å². The number of halogens is 1. The fraction of sp³-hybridized carbons (Fsp3) is 0.286. The summed E-state index contributed by atoms with van der Waals surface area (Å²) < 4.78 is 5.57. The van der Waals surface area contributed by atoms with Crippen molar-refractivity contribution in [1.29, 1.82) is 0 Å². The number of hydrogen-bond donors (Lipinski definition) is 0. The zero-order chi connectivity index (χ0) is 8.27. The van der Waals surface area contributed by atoms with Gasteiger partial charge in [0.05, 0.1) is 4.88 Å². The number of rotatable bonds is 3.